The third kappa shape index (κ3) is 3.35. The number of hydrogen-bond acceptors (Lipinski definition) is 6. The zero-order valence-corrected chi connectivity index (χ0v) is 15.7. The van der Waals surface area contributed by atoms with Crippen LogP contribution in [0.4, 0.5) is 0 Å². The quantitative estimate of drug-likeness (QED) is 0.351. The standard InChI is InChI=1S/C20H26O6/c1-6-10(2)18(22)25-15-9-20(5)16(26-20)8-13(21)11(3)7-14-17(15)12(4)19(23)24-14/h6-7,13-17,21H,4,8-9H2,1-3,5H3/b10-6-,11-7-/t13?,14-,15?,16-,17+,20-/m1/s1. The number of allylic oxidation sites excluding steroid dienone is 1. The normalized spacial score (nSPS) is 42.1. The summed E-state index contributed by atoms with van der Waals surface area (Å²) in [6.07, 6.45) is 2.29. The van der Waals surface area contributed by atoms with Crippen molar-refractivity contribution >= 4 is 11.9 Å². The first-order valence-electron chi connectivity index (χ1n) is 8.94. The zero-order valence-electron chi connectivity index (χ0n) is 15.7. The fourth-order valence-corrected chi connectivity index (χ4v) is 3.70. The average molecular weight is 362 g/mol. The van der Waals surface area contributed by atoms with Crippen LogP contribution in [0.15, 0.2) is 35.5 Å². The van der Waals surface area contributed by atoms with Crippen LogP contribution in [0.2, 0.25) is 0 Å². The third-order valence-corrected chi connectivity index (χ3v) is 5.71. The van der Waals surface area contributed by atoms with Gasteiger partial charge in [-0.15, -0.1) is 0 Å². The SMILES string of the molecule is C=C1C(=O)O[C@@H]2/C=C(/C)C(O)C[C@H]3O[C@]3(C)CC(OC(=O)/C(C)=C\C)[C@@H]12. The predicted molar refractivity (Wildman–Crippen MR) is 94.1 cm³/mol. The lowest BCUT2D eigenvalue weighted by molar-refractivity contribution is -0.148. The second-order valence-corrected chi connectivity index (χ2v) is 7.62. The molecule has 0 radical (unpaired) electrons. The summed E-state index contributed by atoms with van der Waals surface area (Å²) in [7, 11) is 0. The molecular weight excluding hydrogens is 336 g/mol. The molecule has 2 unspecified atom stereocenters. The molecule has 0 saturated carbocycles. The lowest BCUT2D eigenvalue weighted by atomic mass is 9.82. The van der Waals surface area contributed by atoms with E-state index in [1.807, 2.05) is 6.92 Å². The van der Waals surface area contributed by atoms with Gasteiger partial charge in [0.1, 0.15) is 12.2 Å². The van der Waals surface area contributed by atoms with E-state index in [0.29, 0.717) is 24.0 Å². The highest BCUT2D eigenvalue weighted by Gasteiger charge is 2.57. The Hall–Kier alpha value is -1.92. The van der Waals surface area contributed by atoms with Crippen LogP contribution < -0.4 is 0 Å². The topological polar surface area (TPSA) is 85.4 Å². The number of epoxide rings is 1. The summed E-state index contributed by atoms with van der Waals surface area (Å²) in [4.78, 5) is 24.5. The van der Waals surface area contributed by atoms with Crippen molar-refractivity contribution in [1.82, 2.24) is 0 Å². The number of rotatable bonds is 2. The number of esters is 2. The molecule has 0 aromatic heterocycles. The highest BCUT2D eigenvalue weighted by Crippen LogP contribution is 2.47. The second kappa shape index (κ2) is 6.67. The van der Waals surface area contributed by atoms with Crippen molar-refractivity contribution in [2.75, 3.05) is 0 Å². The Bertz CT molecular complexity index is 705. The molecule has 0 aromatic rings. The van der Waals surface area contributed by atoms with E-state index in [1.165, 1.54) is 0 Å². The van der Waals surface area contributed by atoms with E-state index in [2.05, 4.69) is 6.58 Å². The van der Waals surface area contributed by atoms with Crippen molar-refractivity contribution in [3.8, 4) is 0 Å². The van der Waals surface area contributed by atoms with Crippen LogP contribution in [0.1, 0.15) is 40.5 Å². The average Bonchev–Trinajstić information content (AvgIpc) is 3.11. The zero-order chi connectivity index (χ0) is 19.2. The summed E-state index contributed by atoms with van der Waals surface area (Å²) in [5, 5.41) is 10.4. The van der Waals surface area contributed by atoms with Crippen molar-refractivity contribution < 1.29 is 28.9 Å². The van der Waals surface area contributed by atoms with Crippen LogP contribution in [0, 0.1) is 5.92 Å². The fourth-order valence-electron chi connectivity index (χ4n) is 3.70. The van der Waals surface area contributed by atoms with Gasteiger partial charge in [-0.3, -0.25) is 0 Å². The van der Waals surface area contributed by atoms with Crippen LogP contribution in [0.3, 0.4) is 0 Å². The molecule has 6 nitrogen and oxygen atoms in total. The number of aliphatic hydroxyl groups excluding tert-OH is 1. The lowest BCUT2D eigenvalue weighted by Crippen LogP contribution is -2.37. The van der Waals surface area contributed by atoms with Crippen molar-refractivity contribution in [2.24, 2.45) is 5.92 Å². The summed E-state index contributed by atoms with van der Waals surface area (Å²) in [6.45, 7) is 11.0. The Morgan fingerprint density at radius 1 is 1.50 bits per heavy atom. The van der Waals surface area contributed by atoms with Crippen LogP contribution in [-0.4, -0.2) is 47.1 Å². The molecule has 2 fully saturated rings. The lowest BCUT2D eigenvalue weighted by Gasteiger charge is -2.29. The van der Waals surface area contributed by atoms with Gasteiger partial charge >= 0.3 is 11.9 Å². The van der Waals surface area contributed by atoms with Gasteiger partial charge < -0.3 is 19.3 Å². The first-order valence-corrected chi connectivity index (χ1v) is 8.94. The summed E-state index contributed by atoms with van der Waals surface area (Å²) >= 11 is 0. The summed E-state index contributed by atoms with van der Waals surface area (Å²) in [6, 6.07) is 0. The number of aliphatic hydroxyl groups is 1. The minimum atomic E-state index is -0.667. The summed E-state index contributed by atoms with van der Waals surface area (Å²) in [5.41, 5.74) is 0.974. The van der Waals surface area contributed by atoms with E-state index in [4.69, 9.17) is 14.2 Å². The van der Waals surface area contributed by atoms with Gasteiger partial charge in [0.05, 0.1) is 23.7 Å². The molecule has 2 heterocycles. The van der Waals surface area contributed by atoms with E-state index in [-0.39, 0.29) is 11.7 Å². The van der Waals surface area contributed by atoms with Gasteiger partial charge in [0.25, 0.3) is 0 Å². The van der Waals surface area contributed by atoms with Gasteiger partial charge in [0, 0.05) is 24.0 Å². The molecule has 1 N–H and O–H groups in total. The number of carbonyl (C=O) groups excluding carboxylic acids is 2. The number of fused-ring (bicyclic) bond motifs is 2. The Kier molecular flexibility index (Phi) is 4.84. The van der Waals surface area contributed by atoms with E-state index >= 15 is 0 Å². The third-order valence-electron chi connectivity index (χ3n) is 5.71. The first kappa shape index (κ1) is 18.9. The van der Waals surface area contributed by atoms with Gasteiger partial charge in [-0.2, -0.15) is 0 Å². The Labute approximate surface area is 153 Å². The smallest absolute Gasteiger partial charge is 0.334 e. The number of hydrogen-bond donors (Lipinski definition) is 1. The van der Waals surface area contributed by atoms with Crippen molar-refractivity contribution in [3.63, 3.8) is 0 Å². The van der Waals surface area contributed by atoms with Gasteiger partial charge in [0.2, 0.25) is 0 Å². The molecule has 0 aromatic carbocycles. The molecule has 2 saturated heterocycles. The van der Waals surface area contributed by atoms with E-state index in [0.717, 1.165) is 0 Å². The van der Waals surface area contributed by atoms with Crippen LogP contribution >= 0.6 is 0 Å². The maximum absolute atomic E-state index is 12.4. The molecule has 3 rings (SSSR count). The maximum Gasteiger partial charge on any atom is 0.334 e. The van der Waals surface area contributed by atoms with Gasteiger partial charge in [-0.05, 0) is 39.3 Å². The second-order valence-electron chi connectivity index (χ2n) is 7.62. The molecule has 26 heavy (non-hydrogen) atoms. The maximum atomic E-state index is 12.4. The van der Waals surface area contributed by atoms with E-state index < -0.39 is 41.8 Å². The largest absolute Gasteiger partial charge is 0.458 e. The number of carbonyl (C=O) groups is 2. The molecule has 6 atom stereocenters. The Morgan fingerprint density at radius 3 is 2.85 bits per heavy atom. The first-order chi connectivity index (χ1) is 12.2. The van der Waals surface area contributed by atoms with Gasteiger partial charge in [-0.1, -0.05) is 12.7 Å². The molecule has 2 aliphatic heterocycles. The molecule has 0 bridgehead atoms. The van der Waals surface area contributed by atoms with Crippen molar-refractivity contribution in [1.29, 1.82) is 0 Å². The molecule has 6 heteroatoms. The molecule has 0 amide bonds. The summed E-state index contributed by atoms with van der Waals surface area (Å²) in [5.74, 6) is -1.43. The summed E-state index contributed by atoms with van der Waals surface area (Å²) < 4.78 is 17.0. The van der Waals surface area contributed by atoms with Crippen LogP contribution in [-0.2, 0) is 23.8 Å². The number of ether oxygens (including phenoxy) is 3. The van der Waals surface area contributed by atoms with Gasteiger partial charge in [0.15, 0.2) is 0 Å². The van der Waals surface area contributed by atoms with Crippen LogP contribution in [0.25, 0.3) is 0 Å². The Balaban J connectivity index is 1.98. The van der Waals surface area contributed by atoms with Crippen LogP contribution in [0.5, 0.6) is 0 Å². The monoisotopic (exact) mass is 362 g/mol. The van der Waals surface area contributed by atoms with E-state index in [9.17, 15) is 14.7 Å². The highest BCUT2D eigenvalue weighted by molar-refractivity contribution is 5.92. The predicted octanol–water partition coefficient (Wildman–Crippen LogP) is 2.22. The minimum absolute atomic E-state index is 0.118. The van der Waals surface area contributed by atoms with E-state index in [1.54, 1.807) is 32.9 Å². The molecule has 0 spiro atoms. The van der Waals surface area contributed by atoms with Crippen molar-refractivity contribution in [3.05, 3.63) is 35.5 Å². The minimum Gasteiger partial charge on any atom is -0.458 e. The van der Waals surface area contributed by atoms with Gasteiger partial charge in [-0.25, -0.2) is 9.59 Å². The highest BCUT2D eigenvalue weighted by atomic mass is 16.6. The molecule has 142 valence electrons. The molecule has 1 aliphatic carbocycles. The van der Waals surface area contributed by atoms with Crippen molar-refractivity contribution in [2.45, 2.75) is 70.6 Å². The molecule has 3 aliphatic rings. The fraction of sp³-hybridized carbons (Fsp3) is 0.600. The molecular formula is C20H26O6. The Morgan fingerprint density at radius 2 is 2.19 bits per heavy atom.